The molecule has 2 nitrogen and oxygen atoms in total. The molecule has 0 aliphatic rings. The number of para-hydroxylation sites is 1. The van der Waals surface area contributed by atoms with Crippen LogP contribution in [0.2, 0.25) is 0 Å². The highest BCUT2D eigenvalue weighted by Crippen LogP contribution is 2.37. The Balaban J connectivity index is 1.73. The van der Waals surface area contributed by atoms with Crippen molar-refractivity contribution in [1.82, 2.24) is 4.98 Å². The van der Waals surface area contributed by atoms with Gasteiger partial charge in [0, 0.05) is 21.8 Å². The molecule has 2 heteroatoms. The first-order chi connectivity index (χ1) is 13.3. The molecule has 130 valence electrons. The number of aromatic nitrogens is 1. The summed E-state index contributed by atoms with van der Waals surface area (Å²) in [6.45, 7) is 0. The van der Waals surface area contributed by atoms with Gasteiger partial charge in [-0.2, -0.15) is 0 Å². The molecule has 0 aliphatic heterocycles. The lowest BCUT2D eigenvalue weighted by Crippen LogP contribution is -1.89. The van der Waals surface area contributed by atoms with E-state index in [0.29, 0.717) is 0 Å². The molecule has 0 aliphatic carbocycles. The summed E-state index contributed by atoms with van der Waals surface area (Å²) in [6.07, 6.45) is 0. The van der Waals surface area contributed by atoms with E-state index in [1.54, 1.807) is 7.11 Å². The molecule has 0 saturated carbocycles. The van der Waals surface area contributed by atoms with Gasteiger partial charge in [-0.25, -0.2) is 0 Å². The lowest BCUT2D eigenvalue weighted by Gasteiger charge is -2.12. The lowest BCUT2D eigenvalue weighted by atomic mass is 9.93. The molecule has 0 unspecified atom stereocenters. The van der Waals surface area contributed by atoms with Crippen LogP contribution in [0.4, 0.5) is 0 Å². The van der Waals surface area contributed by atoms with Crippen LogP contribution in [0.5, 0.6) is 5.75 Å². The number of ether oxygens (including phenoxy) is 1. The summed E-state index contributed by atoms with van der Waals surface area (Å²) >= 11 is 0. The third kappa shape index (κ3) is 2.67. The molecule has 0 atom stereocenters. The van der Waals surface area contributed by atoms with Crippen molar-refractivity contribution in [2.45, 2.75) is 0 Å². The fourth-order valence-electron chi connectivity index (χ4n) is 3.78. The SMILES string of the molecule is COc1ccc(-c2ccc3c(c2)[nH]c2ccccc23)c(-c2ccccc2)c1. The topological polar surface area (TPSA) is 25.0 Å². The normalized spacial score (nSPS) is 11.1. The van der Waals surface area contributed by atoms with E-state index in [2.05, 4.69) is 83.8 Å². The number of hydrogen-bond donors (Lipinski definition) is 1. The second-order valence-electron chi connectivity index (χ2n) is 6.71. The molecule has 0 spiro atoms. The van der Waals surface area contributed by atoms with Gasteiger partial charge < -0.3 is 9.72 Å². The predicted molar refractivity (Wildman–Crippen MR) is 113 cm³/mol. The molecule has 1 N–H and O–H groups in total. The third-order valence-corrected chi connectivity index (χ3v) is 5.13. The van der Waals surface area contributed by atoms with Crippen molar-refractivity contribution in [1.29, 1.82) is 0 Å². The summed E-state index contributed by atoms with van der Waals surface area (Å²) in [4.78, 5) is 3.55. The third-order valence-electron chi connectivity index (χ3n) is 5.13. The van der Waals surface area contributed by atoms with Gasteiger partial charge in [0.25, 0.3) is 0 Å². The number of hydrogen-bond acceptors (Lipinski definition) is 1. The van der Waals surface area contributed by atoms with Crippen molar-refractivity contribution < 1.29 is 4.74 Å². The van der Waals surface area contributed by atoms with E-state index in [9.17, 15) is 0 Å². The number of H-pyrrole nitrogens is 1. The first-order valence-electron chi connectivity index (χ1n) is 9.08. The smallest absolute Gasteiger partial charge is 0.119 e. The highest BCUT2D eigenvalue weighted by Gasteiger charge is 2.11. The summed E-state index contributed by atoms with van der Waals surface area (Å²) in [5.41, 5.74) is 7.07. The Bertz CT molecular complexity index is 1250. The molecule has 0 saturated heterocycles. The van der Waals surface area contributed by atoms with Crippen LogP contribution in [0.3, 0.4) is 0 Å². The minimum atomic E-state index is 0.865. The summed E-state index contributed by atoms with van der Waals surface area (Å²) in [5, 5.41) is 2.51. The van der Waals surface area contributed by atoms with E-state index in [0.717, 1.165) is 11.3 Å². The molecule has 0 radical (unpaired) electrons. The highest BCUT2D eigenvalue weighted by molar-refractivity contribution is 6.08. The summed E-state index contributed by atoms with van der Waals surface area (Å²) in [5.74, 6) is 0.865. The summed E-state index contributed by atoms with van der Waals surface area (Å²) in [6, 6.07) is 31.8. The molecule has 5 rings (SSSR count). The number of rotatable bonds is 3. The zero-order chi connectivity index (χ0) is 18.2. The first-order valence-corrected chi connectivity index (χ1v) is 9.08. The molecule has 1 aromatic heterocycles. The van der Waals surface area contributed by atoms with Crippen molar-refractivity contribution in [3.8, 4) is 28.0 Å². The Morgan fingerprint density at radius 3 is 2.22 bits per heavy atom. The number of nitrogens with one attached hydrogen (secondary N) is 1. The van der Waals surface area contributed by atoms with E-state index in [1.807, 2.05) is 12.1 Å². The quantitative estimate of drug-likeness (QED) is 0.387. The molecular formula is C25H19NO. The van der Waals surface area contributed by atoms with Gasteiger partial charge in [0.15, 0.2) is 0 Å². The summed E-state index contributed by atoms with van der Waals surface area (Å²) < 4.78 is 5.47. The number of fused-ring (bicyclic) bond motifs is 3. The fourth-order valence-corrected chi connectivity index (χ4v) is 3.78. The standard InChI is InChI=1S/C25H19NO/c1-27-19-12-14-20(23(16-19)17-7-3-2-4-8-17)18-11-13-22-21-9-5-6-10-24(21)26-25(22)15-18/h2-16,26H,1H3. The van der Waals surface area contributed by atoms with Crippen LogP contribution in [0, 0.1) is 0 Å². The van der Waals surface area contributed by atoms with Crippen molar-refractivity contribution in [2.75, 3.05) is 7.11 Å². The van der Waals surface area contributed by atoms with Crippen LogP contribution in [-0.4, -0.2) is 12.1 Å². The van der Waals surface area contributed by atoms with E-state index in [-0.39, 0.29) is 0 Å². The predicted octanol–water partition coefficient (Wildman–Crippen LogP) is 6.66. The maximum atomic E-state index is 5.47. The van der Waals surface area contributed by atoms with Crippen molar-refractivity contribution in [3.63, 3.8) is 0 Å². The van der Waals surface area contributed by atoms with Crippen molar-refractivity contribution >= 4 is 21.8 Å². The van der Waals surface area contributed by atoms with E-state index in [1.165, 1.54) is 38.5 Å². The van der Waals surface area contributed by atoms with Gasteiger partial charge in [-0.15, -0.1) is 0 Å². The largest absolute Gasteiger partial charge is 0.497 e. The van der Waals surface area contributed by atoms with Crippen LogP contribution in [-0.2, 0) is 0 Å². The molecule has 27 heavy (non-hydrogen) atoms. The molecular weight excluding hydrogens is 330 g/mol. The van der Waals surface area contributed by atoms with Gasteiger partial charge in [0.1, 0.15) is 5.75 Å². The molecule has 0 bridgehead atoms. The van der Waals surface area contributed by atoms with Gasteiger partial charge in [-0.05, 0) is 46.5 Å². The zero-order valence-electron chi connectivity index (χ0n) is 15.1. The minimum Gasteiger partial charge on any atom is -0.497 e. The van der Waals surface area contributed by atoms with E-state index >= 15 is 0 Å². The zero-order valence-corrected chi connectivity index (χ0v) is 15.1. The molecule has 0 fully saturated rings. The fraction of sp³-hybridized carbons (Fsp3) is 0.0400. The van der Waals surface area contributed by atoms with Gasteiger partial charge in [0.05, 0.1) is 7.11 Å². The molecule has 4 aromatic carbocycles. The monoisotopic (exact) mass is 349 g/mol. The Labute approximate surface area is 158 Å². The van der Waals surface area contributed by atoms with Crippen LogP contribution in [0.15, 0.2) is 91.0 Å². The Hall–Kier alpha value is -3.52. The Morgan fingerprint density at radius 1 is 0.593 bits per heavy atom. The minimum absolute atomic E-state index is 0.865. The average molecular weight is 349 g/mol. The van der Waals surface area contributed by atoms with Crippen LogP contribution in [0.25, 0.3) is 44.1 Å². The molecule has 5 aromatic rings. The van der Waals surface area contributed by atoms with Gasteiger partial charge in [-0.1, -0.05) is 66.7 Å². The molecule has 1 heterocycles. The van der Waals surface area contributed by atoms with E-state index < -0.39 is 0 Å². The lowest BCUT2D eigenvalue weighted by molar-refractivity contribution is 0.415. The van der Waals surface area contributed by atoms with Crippen LogP contribution < -0.4 is 4.74 Å². The Morgan fingerprint density at radius 2 is 1.37 bits per heavy atom. The molecule has 0 amide bonds. The van der Waals surface area contributed by atoms with Gasteiger partial charge >= 0.3 is 0 Å². The number of aromatic amines is 1. The Kier molecular flexibility index (Phi) is 3.68. The van der Waals surface area contributed by atoms with Crippen LogP contribution in [0.1, 0.15) is 0 Å². The van der Waals surface area contributed by atoms with Gasteiger partial charge in [0.2, 0.25) is 0 Å². The van der Waals surface area contributed by atoms with Gasteiger partial charge in [-0.3, -0.25) is 0 Å². The van der Waals surface area contributed by atoms with Crippen molar-refractivity contribution in [2.24, 2.45) is 0 Å². The maximum Gasteiger partial charge on any atom is 0.119 e. The van der Waals surface area contributed by atoms with E-state index in [4.69, 9.17) is 4.74 Å². The first kappa shape index (κ1) is 15.7. The van der Waals surface area contributed by atoms with Crippen LogP contribution >= 0.6 is 0 Å². The maximum absolute atomic E-state index is 5.47. The second-order valence-corrected chi connectivity index (χ2v) is 6.71. The number of benzene rings is 4. The average Bonchev–Trinajstić information content (AvgIpc) is 3.11. The second kappa shape index (κ2) is 6.33. The number of methoxy groups -OCH3 is 1. The summed E-state index contributed by atoms with van der Waals surface area (Å²) in [7, 11) is 1.71. The van der Waals surface area contributed by atoms with Crippen molar-refractivity contribution in [3.05, 3.63) is 91.0 Å². The highest BCUT2D eigenvalue weighted by atomic mass is 16.5.